The summed E-state index contributed by atoms with van der Waals surface area (Å²) in [6, 6.07) is 13.0. The fourth-order valence-corrected chi connectivity index (χ4v) is 2.81. The maximum atomic E-state index is 13.0. The highest BCUT2D eigenvalue weighted by Gasteiger charge is 2.32. The fraction of sp³-hybridized carbons (Fsp3) is 0.190. The summed E-state index contributed by atoms with van der Waals surface area (Å²) in [6.45, 7) is 1.94. The molecule has 2 N–H and O–H groups in total. The number of benzene rings is 2. The molecule has 2 aromatic carbocycles. The summed E-state index contributed by atoms with van der Waals surface area (Å²) in [6.07, 6.45) is -1.25. The molecule has 0 aliphatic carbocycles. The number of nitrogens with zero attached hydrogens (tertiary/aromatic N) is 2. The van der Waals surface area contributed by atoms with Crippen molar-refractivity contribution in [2.75, 3.05) is 5.32 Å². The predicted octanol–water partition coefficient (Wildman–Crippen LogP) is 3.51. The topological polar surface area (TPSA) is 76.0 Å². The SMILES string of the molecule is Cc1ccc(NC(=O)C(=O)NCc2cnn(Cc3ccccc3)c2)cc1C(F)(F)F. The van der Waals surface area contributed by atoms with Crippen LogP contribution in [0.25, 0.3) is 0 Å². The van der Waals surface area contributed by atoms with Crippen LogP contribution in [0.5, 0.6) is 0 Å². The molecule has 30 heavy (non-hydrogen) atoms. The molecular formula is C21H19F3N4O2. The van der Waals surface area contributed by atoms with Crippen molar-refractivity contribution in [3.8, 4) is 0 Å². The van der Waals surface area contributed by atoms with Crippen molar-refractivity contribution in [2.45, 2.75) is 26.2 Å². The van der Waals surface area contributed by atoms with Crippen molar-refractivity contribution >= 4 is 17.5 Å². The lowest BCUT2D eigenvalue weighted by Gasteiger charge is -2.12. The number of rotatable bonds is 5. The number of aryl methyl sites for hydroxylation is 1. The minimum Gasteiger partial charge on any atom is -0.344 e. The lowest BCUT2D eigenvalue weighted by molar-refractivity contribution is -0.138. The van der Waals surface area contributed by atoms with E-state index in [9.17, 15) is 22.8 Å². The van der Waals surface area contributed by atoms with E-state index < -0.39 is 23.6 Å². The van der Waals surface area contributed by atoms with Crippen molar-refractivity contribution in [3.63, 3.8) is 0 Å². The van der Waals surface area contributed by atoms with E-state index in [1.807, 2.05) is 30.3 Å². The number of nitrogens with one attached hydrogen (secondary N) is 2. The van der Waals surface area contributed by atoms with E-state index in [4.69, 9.17) is 0 Å². The third-order valence-electron chi connectivity index (χ3n) is 4.33. The van der Waals surface area contributed by atoms with E-state index in [0.717, 1.165) is 11.6 Å². The third-order valence-corrected chi connectivity index (χ3v) is 4.33. The molecule has 0 fully saturated rings. The van der Waals surface area contributed by atoms with Gasteiger partial charge in [-0.2, -0.15) is 18.3 Å². The Morgan fingerprint density at radius 2 is 1.77 bits per heavy atom. The van der Waals surface area contributed by atoms with Crippen LogP contribution in [0.15, 0.2) is 60.9 Å². The van der Waals surface area contributed by atoms with Crippen molar-refractivity contribution in [3.05, 3.63) is 83.2 Å². The zero-order valence-corrected chi connectivity index (χ0v) is 16.0. The molecule has 0 aliphatic heterocycles. The van der Waals surface area contributed by atoms with Gasteiger partial charge in [0.1, 0.15) is 0 Å². The number of halogens is 3. The standard InChI is InChI=1S/C21H19F3N4O2/c1-14-7-8-17(9-18(14)21(22,23)24)27-20(30)19(29)25-10-16-11-26-28(13-16)12-15-5-3-2-4-6-15/h2-9,11,13H,10,12H2,1H3,(H,25,29)(H,27,30). The smallest absolute Gasteiger partial charge is 0.344 e. The quantitative estimate of drug-likeness (QED) is 0.625. The minimum absolute atomic E-state index is 0.0254. The maximum Gasteiger partial charge on any atom is 0.416 e. The molecule has 9 heteroatoms. The van der Waals surface area contributed by atoms with Crippen LogP contribution in [0.3, 0.4) is 0 Å². The van der Waals surface area contributed by atoms with E-state index in [0.29, 0.717) is 12.1 Å². The summed E-state index contributed by atoms with van der Waals surface area (Å²) in [4.78, 5) is 24.0. The van der Waals surface area contributed by atoms with Gasteiger partial charge in [-0.25, -0.2) is 0 Å². The molecule has 1 aromatic heterocycles. The number of amides is 2. The Morgan fingerprint density at radius 3 is 2.47 bits per heavy atom. The van der Waals surface area contributed by atoms with Gasteiger partial charge in [0.05, 0.1) is 18.3 Å². The monoisotopic (exact) mass is 416 g/mol. The number of hydrogen-bond donors (Lipinski definition) is 2. The predicted molar refractivity (Wildman–Crippen MR) is 104 cm³/mol. The Balaban J connectivity index is 1.55. The molecule has 0 spiro atoms. The molecule has 0 bridgehead atoms. The molecule has 0 atom stereocenters. The molecular weight excluding hydrogens is 397 g/mol. The van der Waals surface area contributed by atoms with Crippen LogP contribution in [0.4, 0.5) is 18.9 Å². The fourth-order valence-electron chi connectivity index (χ4n) is 2.81. The van der Waals surface area contributed by atoms with Gasteiger partial charge in [-0.1, -0.05) is 36.4 Å². The molecule has 0 saturated heterocycles. The summed E-state index contributed by atoms with van der Waals surface area (Å²) in [7, 11) is 0. The second-order valence-electron chi connectivity index (χ2n) is 6.70. The van der Waals surface area contributed by atoms with Gasteiger partial charge in [-0.3, -0.25) is 14.3 Å². The first-order valence-electron chi connectivity index (χ1n) is 9.04. The van der Waals surface area contributed by atoms with Crippen LogP contribution in [-0.4, -0.2) is 21.6 Å². The Labute approximate surface area is 170 Å². The molecule has 156 valence electrons. The summed E-state index contributed by atoms with van der Waals surface area (Å²) in [5.74, 6) is -2.01. The second-order valence-corrected chi connectivity index (χ2v) is 6.70. The highest BCUT2D eigenvalue weighted by Crippen LogP contribution is 2.33. The van der Waals surface area contributed by atoms with Gasteiger partial charge >= 0.3 is 18.0 Å². The molecule has 1 heterocycles. The van der Waals surface area contributed by atoms with E-state index in [1.165, 1.54) is 19.1 Å². The largest absolute Gasteiger partial charge is 0.416 e. The Kier molecular flexibility index (Phi) is 6.20. The summed E-state index contributed by atoms with van der Waals surface area (Å²) in [5.41, 5.74) is 0.793. The van der Waals surface area contributed by atoms with E-state index in [1.54, 1.807) is 17.1 Å². The summed E-state index contributed by atoms with van der Waals surface area (Å²) >= 11 is 0. The first-order chi connectivity index (χ1) is 14.2. The highest BCUT2D eigenvalue weighted by molar-refractivity contribution is 6.39. The zero-order chi connectivity index (χ0) is 21.7. The average molecular weight is 416 g/mol. The number of hydrogen-bond acceptors (Lipinski definition) is 3. The van der Waals surface area contributed by atoms with Gasteiger partial charge < -0.3 is 10.6 Å². The van der Waals surface area contributed by atoms with E-state index in [-0.39, 0.29) is 17.8 Å². The molecule has 0 radical (unpaired) electrons. The van der Waals surface area contributed by atoms with Gasteiger partial charge in [0.25, 0.3) is 0 Å². The van der Waals surface area contributed by atoms with Crippen LogP contribution in [0, 0.1) is 6.92 Å². The molecule has 3 aromatic rings. The molecule has 0 unspecified atom stereocenters. The minimum atomic E-state index is -4.55. The first-order valence-corrected chi connectivity index (χ1v) is 9.04. The third kappa shape index (κ3) is 5.47. The van der Waals surface area contributed by atoms with Crippen molar-refractivity contribution in [1.82, 2.24) is 15.1 Å². The first kappa shape index (κ1) is 21.1. The number of anilines is 1. The lowest BCUT2D eigenvalue weighted by Crippen LogP contribution is -2.35. The van der Waals surface area contributed by atoms with Gasteiger partial charge in [-0.05, 0) is 30.2 Å². The van der Waals surface area contributed by atoms with Gasteiger partial charge in [0.15, 0.2) is 0 Å². The maximum absolute atomic E-state index is 13.0. The van der Waals surface area contributed by atoms with Crippen LogP contribution in [-0.2, 0) is 28.9 Å². The summed E-state index contributed by atoms with van der Waals surface area (Å²) in [5, 5.41) is 8.81. The van der Waals surface area contributed by atoms with Gasteiger partial charge in [0.2, 0.25) is 0 Å². The van der Waals surface area contributed by atoms with Gasteiger partial charge in [0, 0.05) is 24.0 Å². The van der Waals surface area contributed by atoms with Crippen molar-refractivity contribution in [2.24, 2.45) is 0 Å². The molecule has 2 amide bonds. The molecule has 0 saturated carbocycles. The molecule has 0 aliphatic rings. The Bertz CT molecular complexity index is 1050. The molecule has 3 rings (SSSR count). The summed E-state index contributed by atoms with van der Waals surface area (Å²) < 4.78 is 40.6. The van der Waals surface area contributed by atoms with Crippen LogP contribution in [0.2, 0.25) is 0 Å². The number of carbonyl (C=O) groups excluding carboxylic acids is 2. The number of carbonyl (C=O) groups is 2. The van der Waals surface area contributed by atoms with Crippen LogP contribution in [0.1, 0.15) is 22.3 Å². The van der Waals surface area contributed by atoms with E-state index >= 15 is 0 Å². The average Bonchev–Trinajstić information content (AvgIpc) is 3.14. The Hall–Kier alpha value is -3.62. The zero-order valence-electron chi connectivity index (χ0n) is 16.0. The van der Waals surface area contributed by atoms with Gasteiger partial charge in [-0.15, -0.1) is 0 Å². The van der Waals surface area contributed by atoms with Crippen LogP contribution < -0.4 is 10.6 Å². The number of aromatic nitrogens is 2. The highest BCUT2D eigenvalue weighted by atomic mass is 19.4. The van der Waals surface area contributed by atoms with Crippen molar-refractivity contribution in [1.29, 1.82) is 0 Å². The normalized spacial score (nSPS) is 11.2. The van der Waals surface area contributed by atoms with E-state index in [2.05, 4.69) is 15.7 Å². The lowest BCUT2D eigenvalue weighted by atomic mass is 10.1. The second kappa shape index (κ2) is 8.81. The van der Waals surface area contributed by atoms with Crippen LogP contribution >= 0.6 is 0 Å². The van der Waals surface area contributed by atoms with Crippen molar-refractivity contribution < 1.29 is 22.8 Å². The Morgan fingerprint density at radius 1 is 1.03 bits per heavy atom. The number of alkyl halides is 3. The molecule has 6 nitrogen and oxygen atoms in total.